The monoisotopic (exact) mass is 343 g/mol. The van der Waals surface area contributed by atoms with Crippen LogP contribution in [0.25, 0.3) is 0 Å². The van der Waals surface area contributed by atoms with Gasteiger partial charge in [-0.2, -0.15) is 26.7 Å². The smallest absolute Gasteiger partial charge is 0.435 e. The molecule has 21 heavy (non-hydrogen) atoms. The second-order valence-corrected chi connectivity index (χ2v) is 6.08. The topological polar surface area (TPSA) is 77.1 Å². The van der Waals surface area contributed by atoms with Crippen LogP contribution in [0.3, 0.4) is 0 Å². The molecule has 0 radical (unpaired) electrons. The van der Waals surface area contributed by atoms with Gasteiger partial charge in [0.05, 0.1) is 0 Å². The van der Waals surface area contributed by atoms with E-state index < -0.39 is 37.8 Å². The van der Waals surface area contributed by atoms with E-state index in [1.165, 1.54) is 13.0 Å². The van der Waals surface area contributed by atoms with Crippen molar-refractivity contribution in [3.8, 4) is 0 Å². The van der Waals surface area contributed by atoms with Crippen molar-refractivity contribution >= 4 is 27.3 Å². The number of alkyl halides is 3. The Hall–Kier alpha value is -1.68. The van der Waals surface area contributed by atoms with E-state index in [-0.39, 0.29) is 0 Å². The molecule has 1 N–H and O–H groups in total. The predicted molar refractivity (Wildman–Crippen MR) is 67.5 cm³/mol. The molecule has 0 saturated carbocycles. The Balaban J connectivity index is 2.50. The number of hydrogen-bond acceptors (Lipinski definition) is 4. The predicted octanol–water partition coefficient (Wildman–Crippen LogP) is 2.79. The molecule has 11 heteroatoms. The number of sulfonamides is 1. The van der Waals surface area contributed by atoms with Crippen LogP contribution in [-0.4, -0.2) is 18.2 Å². The van der Waals surface area contributed by atoms with Crippen molar-refractivity contribution in [2.24, 2.45) is 7.05 Å². The second-order valence-electron chi connectivity index (χ2n) is 4.11. The molecule has 0 aliphatic carbocycles. The van der Waals surface area contributed by atoms with E-state index in [0.717, 1.165) is 13.1 Å². The molecule has 0 aromatic carbocycles. The van der Waals surface area contributed by atoms with Gasteiger partial charge in [-0.15, -0.1) is 0 Å². The Labute approximate surface area is 122 Å². The SMILES string of the molecule is Cc1ccc(S(=O)(=O)Nc2c(Cl)nn(C)c2C(F)(F)F)o1. The zero-order valence-electron chi connectivity index (χ0n) is 10.7. The van der Waals surface area contributed by atoms with E-state index in [9.17, 15) is 21.6 Å². The first kappa shape index (κ1) is 15.7. The molecule has 0 amide bonds. The van der Waals surface area contributed by atoms with Crippen molar-refractivity contribution < 1.29 is 26.0 Å². The zero-order chi connectivity index (χ0) is 16.0. The summed E-state index contributed by atoms with van der Waals surface area (Å²) < 4.78 is 69.9. The third-order valence-electron chi connectivity index (χ3n) is 2.49. The van der Waals surface area contributed by atoms with E-state index in [1.807, 2.05) is 0 Å². The third-order valence-corrected chi connectivity index (χ3v) is 3.98. The normalized spacial score (nSPS) is 12.7. The van der Waals surface area contributed by atoms with E-state index in [4.69, 9.17) is 16.0 Å². The summed E-state index contributed by atoms with van der Waals surface area (Å²) in [6, 6.07) is 2.49. The number of anilines is 1. The number of nitrogens with zero attached hydrogens (tertiary/aromatic N) is 2. The standard InChI is InChI=1S/C10H9ClF3N3O3S/c1-5-3-4-6(20-5)21(18,19)16-7-8(10(12,13)14)17(2)15-9(7)11/h3-4,16H,1-2H3. The average Bonchev–Trinajstić information content (AvgIpc) is 2.83. The van der Waals surface area contributed by atoms with Crippen molar-refractivity contribution in [1.29, 1.82) is 0 Å². The van der Waals surface area contributed by atoms with Crippen LogP contribution in [-0.2, 0) is 23.2 Å². The van der Waals surface area contributed by atoms with Gasteiger partial charge in [0.15, 0.2) is 10.8 Å². The van der Waals surface area contributed by atoms with Gasteiger partial charge >= 0.3 is 6.18 Å². The molecule has 2 aromatic rings. The highest BCUT2D eigenvalue weighted by Crippen LogP contribution is 2.39. The van der Waals surface area contributed by atoms with Gasteiger partial charge in [-0.05, 0) is 19.1 Å². The van der Waals surface area contributed by atoms with Gasteiger partial charge in [-0.1, -0.05) is 11.6 Å². The largest absolute Gasteiger partial charge is 0.448 e. The van der Waals surface area contributed by atoms with Crippen molar-refractivity contribution in [3.05, 3.63) is 28.7 Å². The molecular formula is C10H9ClF3N3O3S. The lowest BCUT2D eigenvalue weighted by Crippen LogP contribution is -2.18. The molecule has 0 unspecified atom stereocenters. The lowest BCUT2D eigenvalue weighted by molar-refractivity contribution is -0.143. The summed E-state index contributed by atoms with van der Waals surface area (Å²) in [4.78, 5) is 0. The van der Waals surface area contributed by atoms with Crippen molar-refractivity contribution in [2.75, 3.05) is 4.72 Å². The Bertz CT molecular complexity index is 779. The van der Waals surface area contributed by atoms with E-state index in [2.05, 4.69) is 5.10 Å². The molecule has 0 aliphatic heterocycles. The maximum atomic E-state index is 12.9. The molecule has 116 valence electrons. The first-order valence-electron chi connectivity index (χ1n) is 5.41. The minimum absolute atomic E-state index is 0.295. The lowest BCUT2D eigenvalue weighted by atomic mass is 10.3. The van der Waals surface area contributed by atoms with E-state index in [0.29, 0.717) is 10.4 Å². The van der Waals surface area contributed by atoms with Crippen LogP contribution in [0.5, 0.6) is 0 Å². The van der Waals surface area contributed by atoms with Crippen LogP contribution in [0.15, 0.2) is 21.6 Å². The number of aromatic nitrogens is 2. The Morgan fingerprint density at radius 1 is 1.38 bits per heavy atom. The summed E-state index contributed by atoms with van der Waals surface area (Å²) in [5, 5.41) is 2.23. The summed E-state index contributed by atoms with van der Waals surface area (Å²) in [5.74, 6) is 0.295. The second kappa shape index (κ2) is 4.95. The van der Waals surface area contributed by atoms with Gasteiger partial charge in [0, 0.05) is 7.05 Å². The Kier molecular flexibility index (Phi) is 3.70. The fourth-order valence-corrected chi connectivity index (χ4v) is 3.01. The van der Waals surface area contributed by atoms with Gasteiger partial charge < -0.3 is 4.42 Å². The minimum Gasteiger partial charge on any atom is -0.448 e. The van der Waals surface area contributed by atoms with E-state index >= 15 is 0 Å². The molecule has 0 aliphatic rings. The molecule has 0 bridgehead atoms. The number of aryl methyl sites for hydroxylation is 2. The third kappa shape index (κ3) is 3.00. The summed E-state index contributed by atoms with van der Waals surface area (Å²) in [7, 11) is -3.34. The average molecular weight is 344 g/mol. The molecule has 0 spiro atoms. The van der Waals surface area contributed by atoms with Crippen LogP contribution in [0.1, 0.15) is 11.5 Å². The highest BCUT2D eigenvalue weighted by Gasteiger charge is 2.40. The van der Waals surface area contributed by atoms with Crippen LogP contribution < -0.4 is 4.72 Å². The summed E-state index contributed by atoms with van der Waals surface area (Å²) in [6.07, 6.45) is -4.83. The number of furan rings is 1. The highest BCUT2D eigenvalue weighted by molar-refractivity contribution is 7.92. The van der Waals surface area contributed by atoms with Crippen LogP contribution in [0.2, 0.25) is 5.15 Å². The van der Waals surface area contributed by atoms with Crippen LogP contribution in [0, 0.1) is 6.92 Å². The molecular weight excluding hydrogens is 335 g/mol. The minimum atomic E-state index is -4.83. The van der Waals surface area contributed by atoms with Gasteiger partial charge in [-0.25, -0.2) is 0 Å². The molecule has 2 rings (SSSR count). The molecule has 2 heterocycles. The van der Waals surface area contributed by atoms with Crippen molar-refractivity contribution in [3.63, 3.8) is 0 Å². The van der Waals surface area contributed by atoms with E-state index in [1.54, 1.807) is 4.72 Å². The number of rotatable bonds is 3. The zero-order valence-corrected chi connectivity index (χ0v) is 12.3. The van der Waals surface area contributed by atoms with Crippen LogP contribution >= 0.6 is 11.6 Å². The number of hydrogen-bond donors (Lipinski definition) is 1. The number of halogens is 4. The fourth-order valence-electron chi connectivity index (χ4n) is 1.65. The Morgan fingerprint density at radius 3 is 2.48 bits per heavy atom. The van der Waals surface area contributed by atoms with Crippen molar-refractivity contribution in [2.45, 2.75) is 18.2 Å². The molecule has 0 fully saturated rings. The summed E-state index contributed by atoms with van der Waals surface area (Å²) >= 11 is 5.57. The van der Waals surface area contributed by atoms with Crippen LogP contribution in [0.4, 0.5) is 18.9 Å². The van der Waals surface area contributed by atoms with Gasteiger partial charge in [-0.3, -0.25) is 9.40 Å². The maximum absolute atomic E-state index is 12.9. The molecule has 2 aromatic heterocycles. The summed E-state index contributed by atoms with van der Waals surface area (Å²) in [6.45, 7) is 1.50. The maximum Gasteiger partial charge on any atom is 0.435 e. The lowest BCUT2D eigenvalue weighted by Gasteiger charge is -2.11. The van der Waals surface area contributed by atoms with Gasteiger partial charge in [0.25, 0.3) is 10.0 Å². The molecule has 0 atom stereocenters. The quantitative estimate of drug-likeness (QED) is 0.929. The van der Waals surface area contributed by atoms with Crippen molar-refractivity contribution in [1.82, 2.24) is 9.78 Å². The Morgan fingerprint density at radius 2 is 2.00 bits per heavy atom. The number of nitrogens with one attached hydrogen (secondary N) is 1. The molecule has 0 saturated heterocycles. The summed E-state index contributed by atoms with van der Waals surface area (Å²) in [5.41, 5.74) is -2.15. The van der Waals surface area contributed by atoms with Gasteiger partial charge in [0.1, 0.15) is 11.4 Å². The first-order valence-corrected chi connectivity index (χ1v) is 7.27. The molecule has 6 nitrogen and oxygen atoms in total. The highest BCUT2D eigenvalue weighted by atomic mass is 35.5. The first-order chi connectivity index (χ1) is 9.52. The van der Waals surface area contributed by atoms with Gasteiger partial charge in [0.2, 0.25) is 5.09 Å². The fraction of sp³-hybridized carbons (Fsp3) is 0.300.